The minimum Gasteiger partial charge on any atom is -0.472 e. The third kappa shape index (κ3) is 6.47. The monoisotopic (exact) mass is 413 g/mol. The quantitative estimate of drug-likeness (QED) is 0.293. The Bertz CT molecular complexity index is 894. The summed E-state index contributed by atoms with van der Waals surface area (Å²) in [5, 5.41) is 15.2. The Hall–Kier alpha value is -3.62. The molecule has 0 aliphatic rings. The van der Waals surface area contributed by atoms with Crippen molar-refractivity contribution in [3.8, 4) is 5.88 Å². The molecule has 1 heterocycles. The molecule has 0 aliphatic carbocycles. The summed E-state index contributed by atoms with van der Waals surface area (Å²) in [5.74, 6) is 0.522. The van der Waals surface area contributed by atoms with Gasteiger partial charge in [-0.2, -0.15) is 9.97 Å². The number of anilines is 2. The first-order valence-electron chi connectivity index (χ1n) is 9.33. The molecule has 30 heavy (non-hydrogen) atoms. The van der Waals surface area contributed by atoms with E-state index >= 15 is 0 Å². The van der Waals surface area contributed by atoms with Crippen molar-refractivity contribution in [2.45, 2.75) is 33.0 Å². The van der Waals surface area contributed by atoms with E-state index in [1.807, 2.05) is 30.3 Å². The van der Waals surface area contributed by atoms with Crippen molar-refractivity contribution >= 4 is 24.1 Å². The number of carbonyl (C=O) groups excluding carboxylic acids is 1. The number of oxime groups is 1. The number of nitrogens with one attached hydrogen (secondary N) is 1. The van der Waals surface area contributed by atoms with Crippen molar-refractivity contribution in [3.05, 3.63) is 54.1 Å². The Morgan fingerprint density at radius 2 is 2.00 bits per heavy atom. The average molecular weight is 413 g/mol. The van der Waals surface area contributed by atoms with E-state index in [2.05, 4.69) is 27.0 Å². The Labute approximate surface area is 176 Å². The van der Waals surface area contributed by atoms with Gasteiger partial charge in [0.2, 0.25) is 11.8 Å². The van der Waals surface area contributed by atoms with E-state index in [0.29, 0.717) is 17.9 Å². The molecule has 2 N–H and O–H groups in total. The van der Waals surface area contributed by atoms with Crippen molar-refractivity contribution in [1.82, 2.24) is 9.97 Å². The standard InChI is InChI=1S/C21H27N5O4/c1-6-12-22-17-16(13-23-28)18(29-14-15-10-8-7-9-11-15)25-19(24-17)26(5)20(27)30-21(2,3)4/h6-11,13,28H,1,12,14H2,2-5H3,(H,22,24,25)/b23-13+. The zero-order chi connectivity index (χ0) is 22.1. The van der Waals surface area contributed by atoms with Crippen LogP contribution in [0.3, 0.4) is 0 Å². The maximum Gasteiger partial charge on any atom is 0.416 e. The molecule has 2 aromatic rings. The van der Waals surface area contributed by atoms with Crippen molar-refractivity contribution in [2.75, 3.05) is 23.8 Å². The molecule has 1 amide bonds. The van der Waals surface area contributed by atoms with Crippen LogP contribution in [0.4, 0.5) is 16.6 Å². The molecule has 9 nitrogen and oxygen atoms in total. The molecule has 0 aliphatic heterocycles. The van der Waals surface area contributed by atoms with E-state index in [1.54, 1.807) is 26.8 Å². The molecule has 0 atom stereocenters. The summed E-state index contributed by atoms with van der Waals surface area (Å²) in [6, 6.07) is 9.52. The molecule has 0 spiro atoms. The van der Waals surface area contributed by atoms with Gasteiger partial charge >= 0.3 is 6.09 Å². The molecule has 0 fully saturated rings. The Kier molecular flexibility index (Phi) is 7.74. The molecule has 0 saturated heterocycles. The third-order valence-corrected chi connectivity index (χ3v) is 3.69. The van der Waals surface area contributed by atoms with Crippen LogP contribution in [0.15, 0.2) is 48.1 Å². The van der Waals surface area contributed by atoms with Crippen LogP contribution < -0.4 is 15.0 Å². The molecular weight excluding hydrogens is 386 g/mol. The van der Waals surface area contributed by atoms with Crippen LogP contribution in [0.25, 0.3) is 0 Å². The number of hydrogen-bond acceptors (Lipinski definition) is 8. The van der Waals surface area contributed by atoms with Gasteiger partial charge in [0.1, 0.15) is 23.6 Å². The van der Waals surface area contributed by atoms with Crippen LogP contribution in [0, 0.1) is 0 Å². The van der Waals surface area contributed by atoms with Gasteiger partial charge in [-0.3, -0.25) is 0 Å². The SMILES string of the molecule is C=CCNc1nc(N(C)C(=O)OC(C)(C)C)nc(OCc2ccccc2)c1/C=N/O. The highest BCUT2D eigenvalue weighted by Crippen LogP contribution is 2.26. The van der Waals surface area contributed by atoms with E-state index in [9.17, 15) is 4.79 Å². The fraction of sp³-hybridized carbons (Fsp3) is 0.333. The van der Waals surface area contributed by atoms with E-state index in [-0.39, 0.29) is 18.4 Å². The van der Waals surface area contributed by atoms with Crippen LogP contribution in [-0.2, 0) is 11.3 Å². The molecule has 160 valence electrons. The minimum atomic E-state index is -0.675. The highest BCUT2D eigenvalue weighted by atomic mass is 16.6. The van der Waals surface area contributed by atoms with Gasteiger partial charge < -0.3 is 20.0 Å². The molecule has 9 heteroatoms. The van der Waals surface area contributed by atoms with Crippen molar-refractivity contribution in [3.63, 3.8) is 0 Å². The summed E-state index contributed by atoms with van der Waals surface area (Å²) >= 11 is 0. The van der Waals surface area contributed by atoms with Gasteiger partial charge in [0.25, 0.3) is 0 Å². The second-order valence-electron chi connectivity index (χ2n) is 7.32. The summed E-state index contributed by atoms with van der Waals surface area (Å²) in [6.45, 7) is 9.59. The van der Waals surface area contributed by atoms with Crippen LogP contribution in [0.5, 0.6) is 5.88 Å². The Morgan fingerprint density at radius 3 is 2.60 bits per heavy atom. The van der Waals surface area contributed by atoms with Gasteiger partial charge in [-0.15, -0.1) is 6.58 Å². The number of nitrogens with zero attached hydrogens (tertiary/aromatic N) is 4. The van der Waals surface area contributed by atoms with Gasteiger partial charge in [-0.25, -0.2) is 9.69 Å². The molecule has 1 aromatic heterocycles. The van der Waals surface area contributed by atoms with Crippen LogP contribution in [0.1, 0.15) is 31.9 Å². The molecule has 0 unspecified atom stereocenters. The van der Waals surface area contributed by atoms with Gasteiger partial charge in [-0.1, -0.05) is 41.6 Å². The minimum absolute atomic E-state index is 0.0639. The fourth-order valence-corrected chi connectivity index (χ4v) is 2.31. The van der Waals surface area contributed by atoms with Crippen LogP contribution in [0.2, 0.25) is 0 Å². The molecule has 0 saturated carbocycles. The number of ether oxygens (including phenoxy) is 2. The number of benzene rings is 1. The third-order valence-electron chi connectivity index (χ3n) is 3.69. The average Bonchev–Trinajstić information content (AvgIpc) is 2.70. The zero-order valence-corrected chi connectivity index (χ0v) is 17.6. The number of aromatic nitrogens is 2. The summed E-state index contributed by atoms with van der Waals surface area (Å²) in [7, 11) is 1.50. The Morgan fingerprint density at radius 1 is 1.30 bits per heavy atom. The number of carbonyl (C=O) groups is 1. The second kappa shape index (κ2) is 10.2. The summed E-state index contributed by atoms with van der Waals surface area (Å²) in [5.41, 5.74) is 0.577. The molecule has 2 rings (SSSR count). The van der Waals surface area contributed by atoms with Crippen LogP contribution in [-0.4, -0.2) is 46.7 Å². The summed E-state index contributed by atoms with van der Waals surface area (Å²) in [4.78, 5) is 22.4. The topological polar surface area (TPSA) is 109 Å². The van der Waals surface area contributed by atoms with Crippen molar-refractivity contribution < 1.29 is 19.5 Å². The smallest absolute Gasteiger partial charge is 0.416 e. The molecule has 0 radical (unpaired) electrons. The largest absolute Gasteiger partial charge is 0.472 e. The lowest BCUT2D eigenvalue weighted by molar-refractivity contribution is 0.0587. The van der Waals surface area contributed by atoms with Gasteiger partial charge in [0.05, 0.1) is 6.21 Å². The first kappa shape index (κ1) is 22.7. The first-order valence-corrected chi connectivity index (χ1v) is 9.33. The predicted octanol–water partition coefficient (Wildman–Crippen LogP) is 3.83. The fourth-order valence-electron chi connectivity index (χ4n) is 2.31. The highest BCUT2D eigenvalue weighted by Gasteiger charge is 2.24. The first-order chi connectivity index (χ1) is 14.2. The zero-order valence-electron chi connectivity index (χ0n) is 17.6. The number of amides is 1. The predicted molar refractivity (Wildman–Crippen MR) is 116 cm³/mol. The molecule has 0 bridgehead atoms. The second-order valence-corrected chi connectivity index (χ2v) is 7.32. The normalized spacial score (nSPS) is 11.2. The molecule has 1 aromatic carbocycles. The van der Waals surface area contributed by atoms with Crippen LogP contribution >= 0.6 is 0 Å². The van der Waals surface area contributed by atoms with E-state index in [0.717, 1.165) is 5.56 Å². The van der Waals surface area contributed by atoms with Gasteiger partial charge in [0, 0.05) is 13.6 Å². The van der Waals surface area contributed by atoms with E-state index in [1.165, 1.54) is 18.2 Å². The molecular formula is C21H27N5O4. The lowest BCUT2D eigenvalue weighted by Crippen LogP contribution is -2.35. The van der Waals surface area contributed by atoms with Crippen molar-refractivity contribution in [2.24, 2.45) is 5.16 Å². The Balaban J connectivity index is 2.43. The maximum atomic E-state index is 12.5. The summed E-state index contributed by atoms with van der Waals surface area (Å²) in [6.07, 6.45) is 2.20. The maximum absolute atomic E-state index is 12.5. The lowest BCUT2D eigenvalue weighted by Gasteiger charge is -2.24. The van der Waals surface area contributed by atoms with Gasteiger partial charge in [-0.05, 0) is 26.3 Å². The van der Waals surface area contributed by atoms with E-state index in [4.69, 9.17) is 14.7 Å². The highest BCUT2D eigenvalue weighted by molar-refractivity contribution is 5.91. The summed E-state index contributed by atoms with van der Waals surface area (Å²) < 4.78 is 11.3. The van der Waals surface area contributed by atoms with Crippen molar-refractivity contribution in [1.29, 1.82) is 0 Å². The van der Waals surface area contributed by atoms with E-state index < -0.39 is 11.7 Å². The van der Waals surface area contributed by atoms with Gasteiger partial charge in [0.15, 0.2) is 0 Å². The number of hydrogen-bond donors (Lipinski definition) is 2. The lowest BCUT2D eigenvalue weighted by atomic mass is 10.2. The number of rotatable bonds is 8.